The van der Waals surface area contributed by atoms with E-state index < -0.39 is 36.1 Å². The van der Waals surface area contributed by atoms with Gasteiger partial charge in [-0.05, 0) is 41.4 Å². The zero-order valence-corrected chi connectivity index (χ0v) is 14.4. The van der Waals surface area contributed by atoms with Crippen LogP contribution in [-0.2, 0) is 14.3 Å². The van der Waals surface area contributed by atoms with Gasteiger partial charge in [0.1, 0.15) is 6.54 Å². The number of aromatic nitrogens is 1. The molecule has 0 unspecified atom stereocenters. The van der Waals surface area contributed by atoms with Crippen molar-refractivity contribution in [3.8, 4) is 0 Å². The van der Waals surface area contributed by atoms with Crippen LogP contribution in [0.3, 0.4) is 0 Å². The number of thiophene rings is 1. The smallest absolute Gasteiger partial charge is 0.326 e. The van der Waals surface area contributed by atoms with Gasteiger partial charge in [-0.3, -0.25) is 24.1 Å². The lowest BCUT2D eigenvalue weighted by Crippen LogP contribution is -2.35. The molecule has 1 fully saturated rings. The number of ketones is 1. The quantitative estimate of drug-likeness (QED) is 0.473. The summed E-state index contributed by atoms with van der Waals surface area (Å²) in [5.41, 5.74) is 0.317. The van der Waals surface area contributed by atoms with E-state index in [0.29, 0.717) is 5.69 Å². The number of esters is 1. The fourth-order valence-electron chi connectivity index (χ4n) is 2.04. The maximum absolute atomic E-state index is 12.2. The summed E-state index contributed by atoms with van der Waals surface area (Å²) in [7, 11) is 0. The van der Waals surface area contributed by atoms with Crippen LogP contribution in [0, 0.1) is 0 Å². The molecule has 0 radical (unpaired) electrons. The van der Waals surface area contributed by atoms with Crippen molar-refractivity contribution in [2.75, 3.05) is 13.2 Å². The molecule has 2 aromatic heterocycles. The molecule has 0 aromatic carbocycles. The second kappa shape index (κ2) is 7.49. The Morgan fingerprint density at radius 2 is 2.08 bits per heavy atom. The molecule has 0 bridgehead atoms. The lowest BCUT2D eigenvalue weighted by molar-refractivity contribution is -0.145. The molecule has 1 N–H and O–H groups in total. The maximum atomic E-state index is 12.2. The van der Waals surface area contributed by atoms with E-state index in [-0.39, 0.29) is 4.91 Å². The SMILES string of the molecule is O=C(CN1C(=O)S/C(=C/c2cccs2)C1=O)OCC(=O)c1ccc[nH]1. The molecule has 25 heavy (non-hydrogen) atoms. The number of rotatable bonds is 6. The summed E-state index contributed by atoms with van der Waals surface area (Å²) in [5.74, 6) is -1.76. The van der Waals surface area contributed by atoms with Crippen LogP contribution in [-0.4, -0.2) is 45.9 Å². The monoisotopic (exact) mass is 376 g/mol. The van der Waals surface area contributed by atoms with Crippen molar-refractivity contribution in [2.24, 2.45) is 0 Å². The molecule has 1 aliphatic rings. The molecule has 2 aromatic rings. The first-order valence-electron chi connectivity index (χ1n) is 7.15. The van der Waals surface area contributed by atoms with E-state index in [2.05, 4.69) is 4.98 Å². The minimum absolute atomic E-state index is 0.253. The number of aromatic amines is 1. The molecule has 0 saturated carbocycles. The van der Waals surface area contributed by atoms with Gasteiger partial charge < -0.3 is 9.72 Å². The van der Waals surface area contributed by atoms with Gasteiger partial charge in [0.2, 0.25) is 5.78 Å². The van der Waals surface area contributed by atoms with Gasteiger partial charge in [-0.1, -0.05) is 6.07 Å². The molecule has 3 rings (SSSR count). The van der Waals surface area contributed by atoms with Gasteiger partial charge >= 0.3 is 5.97 Å². The number of thioether (sulfide) groups is 1. The van der Waals surface area contributed by atoms with Crippen LogP contribution in [0.5, 0.6) is 0 Å². The number of imide groups is 1. The van der Waals surface area contributed by atoms with E-state index in [9.17, 15) is 19.2 Å². The summed E-state index contributed by atoms with van der Waals surface area (Å²) < 4.78 is 4.85. The lowest BCUT2D eigenvalue weighted by atomic mass is 10.3. The number of nitrogens with zero attached hydrogens (tertiary/aromatic N) is 1. The lowest BCUT2D eigenvalue weighted by Gasteiger charge is -2.11. The summed E-state index contributed by atoms with van der Waals surface area (Å²) in [6.07, 6.45) is 3.19. The topological polar surface area (TPSA) is 96.5 Å². The van der Waals surface area contributed by atoms with Crippen molar-refractivity contribution < 1.29 is 23.9 Å². The van der Waals surface area contributed by atoms with Crippen LogP contribution in [0.15, 0.2) is 40.7 Å². The van der Waals surface area contributed by atoms with E-state index in [1.807, 2.05) is 17.5 Å². The van der Waals surface area contributed by atoms with Crippen molar-refractivity contribution in [2.45, 2.75) is 0 Å². The third-order valence-electron chi connectivity index (χ3n) is 3.24. The Balaban J connectivity index is 1.57. The maximum Gasteiger partial charge on any atom is 0.326 e. The number of amides is 2. The molecule has 128 valence electrons. The highest BCUT2D eigenvalue weighted by Gasteiger charge is 2.36. The largest absolute Gasteiger partial charge is 0.456 e. The highest BCUT2D eigenvalue weighted by molar-refractivity contribution is 8.18. The number of hydrogen-bond donors (Lipinski definition) is 1. The van der Waals surface area contributed by atoms with Gasteiger partial charge in [0.05, 0.1) is 10.6 Å². The van der Waals surface area contributed by atoms with Crippen LogP contribution < -0.4 is 0 Å². The summed E-state index contributed by atoms with van der Waals surface area (Å²) in [5, 5.41) is 1.31. The number of H-pyrrole nitrogens is 1. The van der Waals surface area contributed by atoms with Crippen molar-refractivity contribution in [3.63, 3.8) is 0 Å². The summed E-state index contributed by atoms with van der Waals surface area (Å²) in [6, 6.07) is 6.86. The molecular formula is C16H12N2O5S2. The molecule has 7 nitrogen and oxygen atoms in total. The minimum Gasteiger partial charge on any atom is -0.456 e. The standard InChI is InChI=1S/C16H12N2O5S2/c19-12(11-4-1-5-17-11)9-23-14(20)8-18-15(21)13(25-16(18)22)7-10-3-2-6-24-10/h1-7,17H,8-9H2/b13-7+. The summed E-state index contributed by atoms with van der Waals surface area (Å²) in [4.78, 5) is 52.4. The Morgan fingerprint density at radius 1 is 1.24 bits per heavy atom. The fraction of sp³-hybridized carbons (Fsp3) is 0.125. The first-order chi connectivity index (χ1) is 12.0. The second-order valence-corrected chi connectivity index (χ2v) is 6.92. The molecule has 0 aliphatic carbocycles. The number of nitrogens with one attached hydrogen (secondary N) is 1. The van der Waals surface area contributed by atoms with E-state index in [0.717, 1.165) is 21.5 Å². The number of Topliss-reactive ketones (excluding diaryl/α,β-unsaturated/α-hetero) is 1. The Labute approximate surface area is 150 Å². The van der Waals surface area contributed by atoms with E-state index in [1.165, 1.54) is 11.3 Å². The minimum atomic E-state index is -0.820. The van der Waals surface area contributed by atoms with Crippen molar-refractivity contribution in [1.82, 2.24) is 9.88 Å². The number of carbonyl (C=O) groups excluding carboxylic acids is 4. The van der Waals surface area contributed by atoms with Crippen LogP contribution in [0.2, 0.25) is 0 Å². The third kappa shape index (κ3) is 4.06. The van der Waals surface area contributed by atoms with Crippen LogP contribution in [0.1, 0.15) is 15.4 Å². The first kappa shape index (κ1) is 17.2. The van der Waals surface area contributed by atoms with Crippen molar-refractivity contribution in [3.05, 3.63) is 51.3 Å². The highest BCUT2D eigenvalue weighted by atomic mass is 32.2. The second-order valence-electron chi connectivity index (χ2n) is 4.95. The van der Waals surface area contributed by atoms with Crippen molar-refractivity contribution >= 4 is 52.1 Å². The Morgan fingerprint density at radius 3 is 2.76 bits per heavy atom. The van der Waals surface area contributed by atoms with Gasteiger partial charge in [0.15, 0.2) is 6.61 Å². The Kier molecular flexibility index (Phi) is 5.15. The zero-order valence-electron chi connectivity index (χ0n) is 12.8. The predicted molar refractivity (Wildman–Crippen MR) is 93.1 cm³/mol. The van der Waals surface area contributed by atoms with Gasteiger partial charge in [0, 0.05) is 11.1 Å². The van der Waals surface area contributed by atoms with Gasteiger partial charge in [0.25, 0.3) is 11.1 Å². The Hall–Kier alpha value is -2.65. The van der Waals surface area contributed by atoms with Gasteiger partial charge in [-0.15, -0.1) is 11.3 Å². The Bertz CT molecular complexity index is 840. The molecule has 1 aliphatic heterocycles. The van der Waals surface area contributed by atoms with Gasteiger partial charge in [-0.2, -0.15) is 0 Å². The molecule has 1 saturated heterocycles. The van der Waals surface area contributed by atoms with Crippen LogP contribution >= 0.6 is 23.1 Å². The van der Waals surface area contributed by atoms with E-state index in [4.69, 9.17) is 4.74 Å². The fourth-order valence-corrected chi connectivity index (χ4v) is 3.60. The van der Waals surface area contributed by atoms with Crippen molar-refractivity contribution in [1.29, 1.82) is 0 Å². The van der Waals surface area contributed by atoms with Crippen LogP contribution in [0.4, 0.5) is 4.79 Å². The molecular weight excluding hydrogens is 364 g/mol. The zero-order chi connectivity index (χ0) is 17.8. The number of carbonyl (C=O) groups is 4. The molecule has 0 atom stereocenters. The number of ether oxygens (including phenoxy) is 1. The molecule has 3 heterocycles. The number of hydrogen-bond acceptors (Lipinski definition) is 7. The summed E-state index contributed by atoms with van der Waals surface area (Å²) in [6.45, 7) is -0.981. The molecule has 0 spiro atoms. The van der Waals surface area contributed by atoms with E-state index >= 15 is 0 Å². The first-order valence-corrected chi connectivity index (χ1v) is 8.85. The average molecular weight is 376 g/mol. The normalized spacial score (nSPS) is 15.8. The average Bonchev–Trinajstić information content (AvgIpc) is 3.33. The predicted octanol–water partition coefficient (Wildman–Crippen LogP) is 2.54. The highest BCUT2D eigenvalue weighted by Crippen LogP contribution is 2.32. The third-order valence-corrected chi connectivity index (χ3v) is 4.97. The van der Waals surface area contributed by atoms with Crippen LogP contribution in [0.25, 0.3) is 6.08 Å². The van der Waals surface area contributed by atoms with E-state index in [1.54, 1.807) is 24.4 Å². The van der Waals surface area contributed by atoms with Gasteiger partial charge in [-0.25, -0.2) is 0 Å². The summed E-state index contributed by atoms with van der Waals surface area (Å²) >= 11 is 2.20. The molecule has 2 amide bonds. The molecule has 9 heteroatoms.